The van der Waals surface area contributed by atoms with Crippen molar-refractivity contribution in [2.45, 2.75) is 17.6 Å². The number of nitrogens with two attached hydrogens (primary N) is 1. The maximum atomic E-state index is 13.9. The Morgan fingerprint density at radius 3 is 2.53 bits per heavy atom. The van der Waals surface area contributed by atoms with Crippen LogP contribution in [0.15, 0.2) is 88.7 Å². The molecular formula is C28H21FN4O4S. The second-order valence-corrected chi connectivity index (χ2v) is 9.88. The number of halogens is 1. The Morgan fingerprint density at radius 2 is 1.84 bits per heavy atom. The van der Waals surface area contributed by atoms with Crippen LogP contribution in [0, 0.1) is 17.1 Å². The Bertz CT molecular complexity index is 1590. The van der Waals surface area contributed by atoms with Crippen LogP contribution in [0.2, 0.25) is 0 Å². The van der Waals surface area contributed by atoms with Gasteiger partial charge in [-0.2, -0.15) is 5.26 Å². The van der Waals surface area contributed by atoms with Crippen molar-refractivity contribution < 1.29 is 23.5 Å². The molecule has 0 saturated carbocycles. The standard InChI is InChI=1S/C28H21FN4O4S/c1-37-22(34)13-21-27(36)33-25(31)20(14-30)23(16-6-9-18(29)10-7-16)24(28(33)38-21)26(35)32-19-11-8-15-4-2-3-5-17(15)12-19/h2-12,21,23H,13,31H2,1H3,(H,32,35)/t21-,23-/m1/s1. The Labute approximate surface area is 221 Å². The number of fused-ring (bicyclic) bond motifs is 2. The summed E-state index contributed by atoms with van der Waals surface area (Å²) in [5.41, 5.74) is 7.34. The molecule has 38 heavy (non-hydrogen) atoms. The van der Waals surface area contributed by atoms with Crippen LogP contribution in [0.25, 0.3) is 10.8 Å². The van der Waals surface area contributed by atoms with E-state index in [0.29, 0.717) is 11.3 Å². The van der Waals surface area contributed by atoms with Crippen LogP contribution >= 0.6 is 11.8 Å². The lowest BCUT2D eigenvalue weighted by Gasteiger charge is -2.32. The van der Waals surface area contributed by atoms with Crippen LogP contribution in [0.4, 0.5) is 10.1 Å². The average molecular weight is 529 g/mol. The number of anilines is 1. The zero-order chi connectivity index (χ0) is 27.0. The molecule has 2 atom stereocenters. The summed E-state index contributed by atoms with van der Waals surface area (Å²) < 4.78 is 18.5. The van der Waals surface area contributed by atoms with Crippen molar-refractivity contribution in [1.82, 2.24) is 4.90 Å². The topological polar surface area (TPSA) is 126 Å². The number of rotatable bonds is 5. The van der Waals surface area contributed by atoms with Gasteiger partial charge in [0, 0.05) is 5.69 Å². The van der Waals surface area contributed by atoms with E-state index in [0.717, 1.165) is 27.4 Å². The van der Waals surface area contributed by atoms with E-state index in [9.17, 15) is 24.0 Å². The molecule has 5 rings (SSSR count). The van der Waals surface area contributed by atoms with Gasteiger partial charge in [-0.1, -0.05) is 54.2 Å². The van der Waals surface area contributed by atoms with E-state index in [2.05, 4.69) is 5.32 Å². The molecule has 1 saturated heterocycles. The van der Waals surface area contributed by atoms with Crippen molar-refractivity contribution in [2.24, 2.45) is 5.73 Å². The highest BCUT2D eigenvalue weighted by Crippen LogP contribution is 2.50. The lowest BCUT2D eigenvalue weighted by Crippen LogP contribution is -2.39. The number of hydrogen-bond acceptors (Lipinski definition) is 7. The number of nitrogens with zero attached hydrogens (tertiary/aromatic N) is 2. The molecule has 10 heteroatoms. The first-order valence-corrected chi connectivity index (χ1v) is 12.5. The number of methoxy groups -OCH3 is 1. The largest absolute Gasteiger partial charge is 0.469 e. The maximum absolute atomic E-state index is 13.9. The lowest BCUT2D eigenvalue weighted by atomic mass is 9.82. The first-order valence-electron chi connectivity index (χ1n) is 11.6. The summed E-state index contributed by atoms with van der Waals surface area (Å²) in [6.45, 7) is 0. The molecule has 0 aromatic heterocycles. The number of carbonyl (C=O) groups excluding carboxylic acids is 3. The van der Waals surface area contributed by atoms with Crippen molar-refractivity contribution in [2.75, 3.05) is 12.4 Å². The minimum atomic E-state index is -0.968. The molecule has 2 aliphatic heterocycles. The van der Waals surface area contributed by atoms with E-state index >= 15 is 0 Å². The van der Waals surface area contributed by atoms with Gasteiger partial charge in [0.1, 0.15) is 16.9 Å². The van der Waals surface area contributed by atoms with Gasteiger partial charge in [-0.05, 0) is 40.6 Å². The van der Waals surface area contributed by atoms with Crippen LogP contribution in [0.5, 0.6) is 0 Å². The van der Waals surface area contributed by atoms with E-state index in [-0.39, 0.29) is 28.4 Å². The van der Waals surface area contributed by atoms with E-state index in [1.165, 1.54) is 31.4 Å². The molecule has 3 N–H and O–H groups in total. The number of amides is 2. The van der Waals surface area contributed by atoms with Crippen LogP contribution in [0.1, 0.15) is 17.9 Å². The fourth-order valence-corrected chi connectivity index (χ4v) is 5.92. The summed E-state index contributed by atoms with van der Waals surface area (Å²) in [7, 11) is 1.22. The predicted octanol–water partition coefficient (Wildman–Crippen LogP) is 4.13. The van der Waals surface area contributed by atoms with Crippen LogP contribution in [0.3, 0.4) is 0 Å². The van der Waals surface area contributed by atoms with Gasteiger partial charge in [0.15, 0.2) is 0 Å². The first-order chi connectivity index (χ1) is 18.3. The molecule has 0 unspecified atom stereocenters. The normalized spacial score (nSPS) is 18.9. The zero-order valence-corrected chi connectivity index (χ0v) is 20.9. The van der Waals surface area contributed by atoms with E-state index in [4.69, 9.17) is 10.5 Å². The van der Waals surface area contributed by atoms with Gasteiger partial charge in [0.05, 0.1) is 41.7 Å². The number of ether oxygens (including phenoxy) is 1. The van der Waals surface area contributed by atoms with Crippen molar-refractivity contribution >= 4 is 46.0 Å². The average Bonchev–Trinajstić information content (AvgIpc) is 3.24. The Morgan fingerprint density at radius 1 is 1.13 bits per heavy atom. The summed E-state index contributed by atoms with van der Waals surface area (Å²) >= 11 is 1.01. The van der Waals surface area contributed by atoms with E-state index < -0.39 is 34.8 Å². The monoisotopic (exact) mass is 528 g/mol. The third-order valence-corrected chi connectivity index (χ3v) is 7.71. The molecule has 3 aromatic carbocycles. The Kier molecular flexibility index (Phi) is 6.61. The molecule has 2 heterocycles. The third-order valence-electron chi connectivity index (χ3n) is 6.43. The number of thioether (sulfide) groups is 1. The second-order valence-electron chi connectivity index (χ2n) is 8.69. The number of nitriles is 1. The molecule has 0 spiro atoms. The highest BCUT2D eigenvalue weighted by molar-refractivity contribution is 8.04. The summed E-state index contributed by atoms with van der Waals surface area (Å²) in [5, 5.41) is 14.2. The molecule has 190 valence electrons. The maximum Gasteiger partial charge on any atom is 0.307 e. The van der Waals surface area contributed by atoms with E-state index in [1.54, 1.807) is 6.07 Å². The summed E-state index contributed by atoms with van der Waals surface area (Å²) in [6.07, 6.45) is -0.240. The molecular weight excluding hydrogens is 507 g/mol. The van der Waals surface area contributed by atoms with Crippen molar-refractivity contribution in [3.8, 4) is 6.07 Å². The van der Waals surface area contributed by atoms with Gasteiger partial charge >= 0.3 is 5.97 Å². The second kappa shape index (κ2) is 10.0. The number of allylic oxidation sites excluding steroid dienone is 1. The smallest absolute Gasteiger partial charge is 0.307 e. The highest BCUT2D eigenvalue weighted by Gasteiger charge is 2.48. The molecule has 2 amide bonds. The van der Waals surface area contributed by atoms with E-state index in [1.807, 2.05) is 42.5 Å². The first kappa shape index (κ1) is 25.0. The summed E-state index contributed by atoms with van der Waals surface area (Å²) in [4.78, 5) is 40.3. The summed E-state index contributed by atoms with van der Waals surface area (Å²) in [6, 6.07) is 20.5. The van der Waals surface area contributed by atoms with Gasteiger partial charge in [-0.3, -0.25) is 19.3 Å². The quantitative estimate of drug-likeness (QED) is 0.477. The number of carbonyl (C=O) groups is 3. The molecule has 0 bridgehead atoms. The third kappa shape index (κ3) is 4.37. The van der Waals surface area contributed by atoms with Crippen molar-refractivity contribution in [3.05, 3.63) is 100 Å². The number of hydrogen-bond donors (Lipinski definition) is 2. The SMILES string of the molecule is COC(=O)C[C@H]1SC2=C(C(=O)Nc3ccc4ccccc4c3)[C@H](c3ccc(F)cc3)C(C#N)=C(N)N2C1=O. The van der Waals surface area contributed by atoms with Crippen molar-refractivity contribution in [1.29, 1.82) is 5.26 Å². The number of benzene rings is 3. The molecule has 3 aromatic rings. The highest BCUT2D eigenvalue weighted by atomic mass is 32.2. The van der Waals surface area contributed by atoms with Crippen LogP contribution in [-0.2, 0) is 19.1 Å². The van der Waals surface area contributed by atoms with Gasteiger partial charge in [0.25, 0.3) is 5.91 Å². The zero-order valence-electron chi connectivity index (χ0n) is 20.1. The molecule has 1 fully saturated rings. The lowest BCUT2D eigenvalue weighted by molar-refractivity contribution is -0.142. The van der Waals surface area contributed by atoms with Crippen LogP contribution < -0.4 is 11.1 Å². The Hall–Kier alpha value is -4.62. The number of nitrogens with one attached hydrogen (secondary N) is 1. The van der Waals surface area contributed by atoms with Gasteiger partial charge in [0.2, 0.25) is 5.91 Å². The van der Waals surface area contributed by atoms with Gasteiger partial charge in [-0.15, -0.1) is 0 Å². The molecule has 2 aliphatic rings. The molecule has 8 nitrogen and oxygen atoms in total. The summed E-state index contributed by atoms with van der Waals surface area (Å²) in [5.74, 6) is -3.28. The van der Waals surface area contributed by atoms with Crippen molar-refractivity contribution in [3.63, 3.8) is 0 Å². The fraction of sp³-hybridized carbons (Fsp3) is 0.143. The Balaban J connectivity index is 1.63. The minimum Gasteiger partial charge on any atom is -0.469 e. The minimum absolute atomic E-state index is 0.0308. The van der Waals surface area contributed by atoms with Crippen LogP contribution in [-0.4, -0.2) is 35.0 Å². The predicted molar refractivity (Wildman–Crippen MR) is 140 cm³/mol. The fourth-order valence-electron chi connectivity index (χ4n) is 4.60. The molecule has 0 radical (unpaired) electrons. The molecule has 0 aliphatic carbocycles. The number of esters is 1. The van der Waals surface area contributed by atoms with Gasteiger partial charge < -0.3 is 15.8 Å². The van der Waals surface area contributed by atoms with Gasteiger partial charge in [-0.25, -0.2) is 4.39 Å².